The van der Waals surface area contributed by atoms with Gasteiger partial charge in [0.25, 0.3) is 11.8 Å². The summed E-state index contributed by atoms with van der Waals surface area (Å²) in [5, 5.41) is 27.0. The van der Waals surface area contributed by atoms with E-state index in [9.17, 15) is 19.6 Å². The van der Waals surface area contributed by atoms with Crippen LogP contribution in [-0.4, -0.2) is 72.1 Å². The van der Waals surface area contributed by atoms with Crippen LogP contribution in [0.25, 0.3) is 0 Å². The first-order valence-electron chi connectivity index (χ1n) is 14.7. The van der Waals surface area contributed by atoms with Crippen molar-refractivity contribution >= 4 is 17.7 Å². The van der Waals surface area contributed by atoms with Crippen molar-refractivity contribution in [1.82, 2.24) is 31.0 Å². The van der Waals surface area contributed by atoms with Crippen LogP contribution < -0.4 is 16.0 Å². The second-order valence-electron chi connectivity index (χ2n) is 11.6. The molecule has 0 radical (unpaired) electrons. The average molecular weight is 582 g/mol. The minimum absolute atomic E-state index is 0.0636. The van der Waals surface area contributed by atoms with Crippen LogP contribution >= 0.6 is 0 Å². The Bertz CT molecular complexity index is 1570. The fourth-order valence-corrected chi connectivity index (χ4v) is 6.99. The van der Waals surface area contributed by atoms with Gasteiger partial charge in [-0.25, -0.2) is 0 Å². The van der Waals surface area contributed by atoms with E-state index in [1.807, 2.05) is 24.3 Å². The second-order valence-corrected chi connectivity index (χ2v) is 11.6. The third-order valence-electron chi connectivity index (χ3n) is 9.16. The van der Waals surface area contributed by atoms with Crippen molar-refractivity contribution in [1.29, 1.82) is 5.26 Å². The fraction of sp³-hybridized carbons (Fsp3) is 0.438. The molecular formula is C32H35N7O4. The van der Waals surface area contributed by atoms with Crippen LogP contribution in [-0.2, 0) is 23.1 Å². The first-order chi connectivity index (χ1) is 20.8. The van der Waals surface area contributed by atoms with Gasteiger partial charge < -0.3 is 25.3 Å². The SMILES string of the molecule is CNC(=O)c1ccc2c(c1)CCc1cc(C(=O)NC)ccc1C2(CCNCC(=O)N1C(C#N)C[C@@H]2C[C@@H]21)c1nnc(C)o1. The highest BCUT2D eigenvalue weighted by Crippen LogP contribution is 2.48. The molecule has 1 saturated carbocycles. The van der Waals surface area contributed by atoms with E-state index in [4.69, 9.17) is 4.42 Å². The Hall–Kier alpha value is -4.56. The van der Waals surface area contributed by atoms with Crippen molar-refractivity contribution in [3.05, 3.63) is 81.6 Å². The second kappa shape index (κ2) is 11.3. The number of nitriles is 1. The zero-order chi connectivity index (χ0) is 30.3. The lowest BCUT2D eigenvalue weighted by Gasteiger charge is -2.34. The van der Waals surface area contributed by atoms with E-state index in [1.165, 1.54) is 0 Å². The van der Waals surface area contributed by atoms with Gasteiger partial charge in [-0.05, 0) is 91.1 Å². The Labute approximate surface area is 250 Å². The smallest absolute Gasteiger partial charge is 0.251 e. The Morgan fingerprint density at radius 1 is 1.00 bits per heavy atom. The number of aromatic nitrogens is 2. The molecule has 3 aliphatic rings. The number of benzene rings is 2. The van der Waals surface area contributed by atoms with E-state index in [-0.39, 0.29) is 36.3 Å². The maximum Gasteiger partial charge on any atom is 0.251 e. The lowest BCUT2D eigenvalue weighted by atomic mass is 9.69. The van der Waals surface area contributed by atoms with Crippen LogP contribution in [0.3, 0.4) is 0 Å². The molecule has 3 aromatic rings. The first-order valence-corrected chi connectivity index (χ1v) is 14.7. The van der Waals surface area contributed by atoms with Crippen molar-refractivity contribution in [2.75, 3.05) is 27.2 Å². The minimum Gasteiger partial charge on any atom is -0.424 e. The van der Waals surface area contributed by atoms with Crippen molar-refractivity contribution in [3.63, 3.8) is 0 Å². The quantitative estimate of drug-likeness (QED) is 0.342. The Morgan fingerprint density at radius 3 is 2.16 bits per heavy atom. The average Bonchev–Trinajstić information content (AvgIpc) is 3.52. The molecule has 3 N–H and O–H groups in total. The van der Waals surface area contributed by atoms with Gasteiger partial charge in [0.2, 0.25) is 17.7 Å². The number of amides is 3. The molecule has 0 bridgehead atoms. The summed E-state index contributed by atoms with van der Waals surface area (Å²) in [5.74, 6) is 0.863. The number of carbonyl (C=O) groups excluding carboxylic acids is 3. The molecule has 11 heteroatoms. The summed E-state index contributed by atoms with van der Waals surface area (Å²) in [5.41, 5.74) is 4.01. The molecule has 43 heavy (non-hydrogen) atoms. The lowest BCUT2D eigenvalue weighted by Crippen LogP contribution is -2.44. The summed E-state index contributed by atoms with van der Waals surface area (Å²) >= 11 is 0. The molecule has 3 amide bonds. The monoisotopic (exact) mass is 581 g/mol. The third-order valence-corrected chi connectivity index (χ3v) is 9.16. The molecule has 0 spiro atoms. The van der Waals surface area contributed by atoms with Gasteiger partial charge >= 0.3 is 0 Å². The van der Waals surface area contributed by atoms with Crippen LogP contribution in [0.4, 0.5) is 0 Å². The van der Waals surface area contributed by atoms with Crippen molar-refractivity contribution < 1.29 is 18.8 Å². The predicted octanol–water partition coefficient (Wildman–Crippen LogP) is 2.02. The molecule has 11 nitrogen and oxygen atoms in total. The van der Waals surface area contributed by atoms with Crippen molar-refractivity contribution in [3.8, 4) is 6.07 Å². The van der Waals surface area contributed by atoms with Gasteiger partial charge in [-0.3, -0.25) is 14.4 Å². The van der Waals surface area contributed by atoms with Crippen LogP contribution in [0, 0.1) is 24.2 Å². The van der Waals surface area contributed by atoms with Crippen LogP contribution in [0.15, 0.2) is 40.8 Å². The molecular weight excluding hydrogens is 546 g/mol. The minimum atomic E-state index is -0.911. The molecule has 2 aliphatic carbocycles. The first kappa shape index (κ1) is 28.6. The number of piperidine rings is 1. The highest BCUT2D eigenvalue weighted by molar-refractivity contribution is 5.95. The van der Waals surface area contributed by atoms with Gasteiger partial charge in [-0.1, -0.05) is 12.1 Å². The van der Waals surface area contributed by atoms with Crippen molar-refractivity contribution in [2.45, 2.75) is 56.5 Å². The van der Waals surface area contributed by atoms with Gasteiger partial charge in [-0.15, -0.1) is 10.2 Å². The number of aryl methyl sites for hydroxylation is 3. The number of carbonyl (C=O) groups is 3. The van der Waals surface area contributed by atoms with E-state index >= 15 is 0 Å². The molecule has 1 aliphatic heterocycles. The van der Waals surface area contributed by atoms with E-state index < -0.39 is 5.41 Å². The standard InChI is InChI=1S/C32H35N7O4/c1-18-37-38-31(43-18)32(10-11-36-17-28(40)39-24(16-33)14-23-15-27(23)39)25-8-6-21(29(41)34-2)12-19(25)4-5-20-13-22(30(42)35-3)7-9-26(20)32/h6-9,12-13,23-24,27,36H,4-5,10-11,14-15,17H2,1-3H3,(H,34,41)(H,35,42)/t23-,24?,27+/m1/s1. The summed E-state index contributed by atoms with van der Waals surface area (Å²) in [4.78, 5) is 40.1. The molecule has 2 heterocycles. The maximum atomic E-state index is 13.2. The lowest BCUT2D eigenvalue weighted by molar-refractivity contribution is -0.131. The Kier molecular flexibility index (Phi) is 7.48. The number of fused-ring (bicyclic) bond motifs is 3. The normalized spacial score (nSPS) is 21.1. The largest absolute Gasteiger partial charge is 0.424 e. The molecule has 2 aromatic carbocycles. The topological polar surface area (TPSA) is 153 Å². The number of hydrogen-bond acceptors (Lipinski definition) is 8. The van der Waals surface area contributed by atoms with Crippen LogP contribution in [0.2, 0.25) is 0 Å². The van der Waals surface area contributed by atoms with Gasteiger partial charge in [-0.2, -0.15) is 5.26 Å². The van der Waals surface area contributed by atoms with E-state index in [1.54, 1.807) is 38.1 Å². The number of rotatable bonds is 8. The van der Waals surface area contributed by atoms with Gasteiger partial charge in [0.15, 0.2) is 0 Å². The number of likely N-dealkylation sites (tertiary alicyclic amines) is 1. The van der Waals surface area contributed by atoms with E-state index in [2.05, 4.69) is 32.2 Å². The van der Waals surface area contributed by atoms with Crippen LogP contribution in [0.1, 0.15) is 74.0 Å². The number of nitrogens with zero attached hydrogens (tertiary/aromatic N) is 4. The number of nitrogens with one attached hydrogen (secondary N) is 3. The number of hydrogen-bond donors (Lipinski definition) is 3. The summed E-state index contributed by atoms with van der Waals surface area (Å²) < 4.78 is 6.18. The highest BCUT2D eigenvalue weighted by Gasteiger charge is 2.54. The third kappa shape index (κ3) is 4.95. The zero-order valence-electron chi connectivity index (χ0n) is 24.6. The molecule has 1 unspecified atom stereocenters. The van der Waals surface area contributed by atoms with Gasteiger partial charge in [0, 0.05) is 38.2 Å². The van der Waals surface area contributed by atoms with Gasteiger partial charge in [0.05, 0.1) is 12.6 Å². The molecule has 3 atom stereocenters. The summed E-state index contributed by atoms with van der Waals surface area (Å²) in [7, 11) is 3.21. The Balaban J connectivity index is 1.40. The zero-order valence-corrected chi connectivity index (χ0v) is 24.6. The van der Waals surface area contributed by atoms with Crippen molar-refractivity contribution in [2.24, 2.45) is 5.92 Å². The molecule has 1 aromatic heterocycles. The molecule has 6 rings (SSSR count). The molecule has 1 saturated heterocycles. The van der Waals surface area contributed by atoms with E-state index in [0.717, 1.165) is 35.1 Å². The van der Waals surface area contributed by atoms with Crippen LogP contribution in [0.5, 0.6) is 0 Å². The fourth-order valence-electron chi connectivity index (χ4n) is 6.99. The summed E-state index contributed by atoms with van der Waals surface area (Å²) in [6.45, 7) is 2.29. The molecule has 2 fully saturated rings. The highest BCUT2D eigenvalue weighted by atomic mass is 16.4. The summed E-state index contributed by atoms with van der Waals surface area (Å²) in [6, 6.07) is 13.5. The summed E-state index contributed by atoms with van der Waals surface area (Å²) in [6.07, 6.45) is 3.48. The Morgan fingerprint density at radius 2 is 1.63 bits per heavy atom. The van der Waals surface area contributed by atoms with E-state index in [0.29, 0.717) is 54.6 Å². The molecule has 222 valence electrons. The predicted molar refractivity (Wildman–Crippen MR) is 156 cm³/mol. The van der Waals surface area contributed by atoms with Gasteiger partial charge in [0.1, 0.15) is 11.5 Å². The maximum absolute atomic E-state index is 13.2.